The predicted octanol–water partition coefficient (Wildman–Crippen LogP) is 2.78. The Morgan fingerprint density at radius 1 is 1.05 bits per heavy atom. The second kappa shape index (κ2) is 10.9. The van der Waals surface area contributed by atoms with Crippen LogP contribution < -0.4 is 16.2 Å². The van der Waals surface area contributed by atoms with Crippen LogP contribution in [0.5, 0.6) is 5.75 Å². The van der Waals surface area contributed by atoms with Gasteiger partial charge in [0.05, 0.1) is 23.6 Å². The number of rotatable bonds is 10. The monoisotopic (exact) mass is 530 g/mol. The fourth-order valence-electron chi connectivity index (χ4n) is 4.76. The number of anilines is 1. The van der Waals surface area contributed by atoms with Crippen LogP contribution in [0.2, 0.25) is 0 Å². The maximum Gasteiger partial charge on any atom is 0.336 e. The molecule has 1 amide bonds. The van der Waals surface area contributed by atoms with Crippen LogP contribution in [0.1, 0.15) is 62.1 Å². The Bertz CT molecular complexity index is 1570. The van der Waals surface area contributed by atoms with Crippen LogP contribution in [0.25, 0.3) is 11.2 Å². The molecular weight excluding hydrogens is 504 g/mol. The average molecular weight is 531 g/mol. The molecule has 1 fully saturated rings. The number of fused-ring (bicyclic) bond motifs is 1. The third-order valence-electron chi connectivity index (χ3n) is 6.65. The number of imidazole rings is 1. The molecule has 2 aromatic carbocycles. The van der Waals surface area contributed by atoms with Crippen LogP contribution in [-0.2, 0) is 11.2 Å². The highest BCUT2D eigenvalue weighted by atomic mass is 16.6. The van der Waals surface area contributed by atoms with E-state index in [0.29, 0.717) is 41.1 Å². The average Bonchev–Trinajstić information content (AvgIpc) is 3.58. The molecule has 0 saturated carbocycles. The van der Waals surface area contributed by atoms with Gasteiger partial charge in [0, 0.05) is 12.0 Å². The van der Waals surface area contributed by atoms with Gasteiger partial charge in [-0.2, -0.15) is 0 Å². The minimum absolute atomic E-state index is 0.00558. The van der Waals surface area contributed by atoms with Crippen molar-refractivity contribution in [1.29, 1.82) is 0 Å². The van der Waals surface area contributed by atoms with Gasteiger partial charge >= 0.3 is 5.97 Å². The van der Waals surface area contributed by atoms with Crippen molar-refractivity contribution in [2.24, 2.45) is 5.73 Å². The highest BCUT2D eigenvalue weighted by Crippen LogP contribution is 2.32. The molecule has 0 bridgehead atoms. The van der Waals surface area contributed by atoms with Gasteiger partial charge in [-0.1, -0.05) is 30.3 Å². The largest absolute Gasteiger partial charge is 0.490 e. The Balaban J connectivity index is 1.25. The van der Waals surface area contributed by atoms with Gasteiger partial charge in [-0.3, -0.25) is 14.2 Å². The summed E-state index contributed by atoms with van der Waals surface area (Å²) in [4.78, 5) is 49.1. The maximum absolute atomic E-state index is 12.8. The van der Waals surface area contributed by atoms with Gasteiger partial charge in [-0.15, -0.1) is 0 Å². The number of primary amides is 1. The van der Waals surface area contributed by atoms with Crippen LogP contribution in [-0.4, -0.2) is 55.0 Å². The number of carbonyl (C=O) groups is 3. The lowest BCUT2D eigenvalue weighted by molar-refractivity contribution is -0.0160. The molecule has 1 saturated heterocycles. The van der Waals surface area contributed by atoms with Crippen molar-refractivity contribution < 1.29 is 29.0 Å². The lowest BCUT2D eigenvalue weighted by Crippen LogP contribution is -2.21. The van der Waals surface area contributed by atoms with E-state index < -0.39 is 11.9 Å². The van der Waals surface area contributed by atoms with Crippen molar-refractivity contribution in [3.8, 4) is 5.75 Å². The van der Waals surface area contributed by atoms with E-state index in [-0.39, 0.29) is 54.3 Å². The smallest absolute Gasteiger partial charge is 0.336 e. The molecule has 39 heavy (non-hydrogen) atoms. The number of nitrogen functional groups attached to an aromatic ring is 1. The number of benzene rings is 2. The summed E-state index contributed by atoms with van der Waals surface area (Å²) in [6, 6.07) is 11.1. The van der Waals surface area contributed by atoms with E-state index >= 15 is 0 Å². The molecule has 12 nitrogen and oxygen atoms in total. The molecule has 1 aliphatic rings. The molecule has 5 rings (SSSR count). The molecule has 0 unspecified atom stereocenters. The lowest BCUT2D eigenvalue weighted by Gasteiger charge is -2.18. The summed E-state index contributed by atoms with van der Waals surface area (Å²) in [5.74, 6) is -1.63. The van der Waals surface area contributed by atoms with Gasteiger partial charge in [0.15, 0.2) is 17.2 Å². The molecular formula is C27H26N6O6. The fraction of sp³-hybridized carbons (Fsp3) is 0.259. The van der Waals surface area contributed by atoms with Gasteiger partial charge in [-0.25, -0.2) is 19.7 Å². The van der Waals surface area contributed by atoms with Gasteiger partial charge in [-0.05, 0) is 37.0 Å². The summed E-state index contributed by atoms with van der Waals surface area (Å²) < 4.78 is 13.9. The molecule has 0 radical (unpaired) electrons. The third kappa shape index (κ3) is 5.27. The topological polar surface area (TPSA) is 186 Å². The molecule has 0 aliphatic carbocycles. The van der Waals surface area contributed by atoms with Crippen LogP contribution in [0.3, 0.4) is 0 Å². The zero-order valence-corrected chi connectivity index (χ0v) is 20.8. The van der Waals surface area contributed by atoms with Gasteiger partial charge in [0.25, 0.3) is 5.91 Å². The van der Waals surface area contributed by atoms with E-state index in [4.69, 9.17) is 20.9 Å². The Labute approximate surface area is 222 Å². The van der Waals surface area contributed by atoms with Crippen molar-refractivity contribution in [3.05, 3.63) is 77.4 Å². The van der Waals surface area contributed by atoms with Crippen molar-refractivity contribution in [2.45, 2.75) is 38.0 Å². The number of aromatic carboxylic acids is 1. The number of carboxylic acid groups (broad SMARTS) is 1. The minimum Gasteiger partial charge on any atom is -0.490 e. The van der Waals surface area contributed by atoms with E-state index in [1.807, 2.05) is 4.57 Å². The number of aromatic nitrogens is 4. The van der Waals surface area contributed by atoms with Crippen LogP contribution in [0, 0.1) is 0 Å². The summed E-state index contributed by atoms with van der Waals surface area (Å²) in [6.45, 7) is 0.175. The number of nitrogens with zero attached hydrogens (tertiary/aromatic N) is 4. The number of ether oxygens (including phenoxy) is 2. The highest BCUT2D eigenvalue weighted by Gasteiger charge is 2.29. The lowest BCUT2D eigenvalue weighted by atomic mass is 9.96. The number of carboxylic acids is 1. The molecule has 4 aromatic rings. The van der Waals surface area contributed by atoms with Gasteiger partial charge in [0.2, 0.25) is 0 Å². The molecule has 12 heteroatoms. The number of ketones is 1. The first-order valence-electron chi connectivity index (χ1n) is 12.3. The Morgan fingerprint density at radius 2 is 1.85 bits per heavy atom. The molecule has 2 atom stereocenters. The Morgan fingerprint density at radius 3 is 2.62 bits per heavy atom. The highest BCUT2D eigenvalue weighted by molar-refractivity contribution is 6.06. The first kappa shape index (κ1) is 25.8. The number of hydrogen-bond donors (Lipinski definition) is 3. The summed E-state index contributed by atoms with van der Waals surface area (Å²) in [6.07, 6.45) is 4.01. The van der Waals surface area contributed by atoms with E-state index in [1.165, 1.54) is 18.5 Å². The van der Waals surface area contributed by atoms with Crippen molar-refractivity contribution in [2.75, 3.05) is 12.3 Å². The molecule has 2 aromatic heterocycles. The van der Waals surface area contributed by atoms with Crippen molar-refractivity contribution >= 4 is 34.6 Å². The van der Waals surface area contributed by atoms with Crippen molar-refractivity contribution in [1.82, 2.24) is 19.5 Å². The van der Waals surface area contributed by atoms with Gasteiger partial charge in [0.1, 0.15) is 30.4 Å². The number of nitrogens with two attached hydrogens (primary N) is 2. The third-order valence-corrected chi connectivity index (χ3v) is 6.65. The summed E-state index contributed by atoms with van der Waals surface area (Å²) in [7, 11) is 0. The maximum atomic E-state index is 12.8. The van der Waals surface area contributed by atoms with Crippen LogP contribution in [0.4, 0.5) is 5.82 Å². The quantitative estimate of drug-likeness (QED) is 0.257. The summed E-state index contributed by atoms with van der Waals surface area (Å²) >= 11 is 0. The number of hydrogen-bond acceptors (Lipinski definition) is 9. The zero-order chi connectivity index (χ0) is 27.5. The molecule has 0 spiro atoms. The standard InChI is InChI=1S/C27H26N6O6/c28-24-23-26(31-13-30-24)33(14-32-23)21-11-9-16(39-21)12-38-20-7-3-4-15(22(20)25(29)35)8-10-19(34)17-5-1-2-6-18(17)27(36)37/h1-7,13-14,16,21H,8-12H2,(H2,29,35)(H,36,37)(H2,28,30,31)/t16-,21+/m0/s1. The molecule has 200 valence electrons. The fourth-order valence-corrected chi connectivity index (χ4v) is 4.76. The normalized spacial score (nSPS) is 16.8. The van der Waals surface area contributed by atoms with E-state index in [1.54, 1.807) is 36.7 Å². The Hall–Kier alpha value is -4.84. The first-order chi connectivity index (χ1) is 18.8. The Kier molecular flexibility index (Phi) is 7.19. The molecule has 5 N–H and O–H groups in total. The number of Topliss-reactive ketones (excluding diaryl/α,β-unsaturated/α-hetero) is 1. The second-order valence-electron chi connectivity index (χ2n) is 9.11. The number of aryl methyl sites for hydroxylation is 1. The number of carbonyl (C=O) groups excluding carboxylic acids is 2. The van der Waals surface area contributed by atoms with Crippen LogP contribution in [0.15, 0.2) is 55.1 Å². The SMILES string of the molecule is NC(=O)c1c(CCC(=O)c2ccccc2C(=O)O)cccc1OC[C@@H]1CC[C@H](n2cnc3c(N)ncnc32)O1. The molecule has 1 aliphatic heterocycles. The zero-order valence-electron chi connectivity index (χ0n) is 20.8. The van der Waals surface area contributed by atoms with E-state index in [2.05, 4.69) is 15.0 Å². The van der Waals surface area contributed by atoms with E-state index in [0.717, 1.165) is 0 Å². The summed E-state index contributed by atoms with van der Waals surface area (Å²) in [5.41, 5.74) is 13.4. The van der Waals surface area contributed by atoms with Crippen LogP contribution >= 0.6 is 0 Å². The molecule has 3 heterocycles. The second-order valence-corrected chi connectivity index (χ2v) is 9.11. The number of amides is 1. The predicted molar refractivity (Wildman–Crippen MR) is 139 cm³/mol. The van der Waals surface area contributed by atoms with Crippen molar-refractivity contribution in [3.63, 3.8) is 0 Å². The van der Waals surface area contributed by atoms with Gasteiger partial charge < -0.3 is 26.0 Å². The van der Waals surface area contributed by atoms with E-state index in [9.17, 15) is 19.5 Å². The minimum atomic E-state index is -1.18. The first-order valence-corrected chi connectivity index (χ1v) is 12.3. The summed E-state index contributed by atoms with van der Waals surface area (Å²) in [5, 5.41) is 9.37.